The van der Waals surface area contributed by atoms with Crippen molar-refractivity contribution in [3.05, 3.63) is 57.6 Å². The van der Waals surface area contributed by atoms with E-state index in [9.17, 15) is 25.1 Å². The second-order valence-corrected chi connectivity index (χ2v) is 6.34. The number of hydrogen-bond donors (Lipinski definition) is 5. The van der Waals surface area contributed by atoms with Crippen LogP contribution in [0.1, 0.15) is 11.1 Å². The van der Waals surface area contributed by atoms with Crippen LogP contribution in [0.15, 0.2) is 36.4 Å². The van der Waals surface area contributed by atoms with Crippen LogP contribution in [-0.2, 0) is 0 Å². The van der Waals surface area contributed by atoms with Crippen LogP contribution >= 0.6 is 0 Å². The summed E-state index contributed by atoms with van der Waals surface area (Å²) in [6.07, 6.45) is 2.11. The fourth-order valence-corrected chi connectivity index (χ4v) is 2.33. The van der Waals surface area contributed by atoms with Gasteiger partial charge >= 0.3 is 6.03 Å². The lowest BCUT2D eigenvalue weighted by atomic mass is 10.1. The van der Waals surface area contributed by atoms with E-state index in [1.807, 2.05) is 0 Å². The molecule has 10 heteroatoms. The molecule has 2 amide bonds. The molecule has 0 fully saturated rings. The van der Waals surface area contributed by atoms with E-state index in [1.165, 1.54) is 30.1 Å². The Morgan fingerprint density at radius 2 is 1.90 bits per heavy atom. The number of non-ortho nitro benzene ring substituents is 1. The maximum absolute atomic E-state index is 11.7. The van der Waals surface area contributed by atoms with Crippen LogP contribution in [0.5, 0.6) is 5.75 Å². The minimum absolute atomic E-state index is 0.0628. The predicted molar refractivity (Wildman–Crippen MR) is 112 cm³/mol. The molecule has 0 saturated heterocycles. The summed E-state index contributed by atoms with van der Waals surface area (Å²) in [5.41, 5.74) is 1.59. The number of aromatic hydroxyl groups is 1. The number of nitrogens with one attached hydrogen (secondary N) is 3. The zero-order valence-electron chi connectivity index (χ0n) is 16.2. The number of rotatable bonds is 7. The fourth-order valence-electron chi connectivity index (χ4n) is 2.33. The Hall–Kier alpha value is -3.63. The van der Waals surface area contributed by atoms with Gasteiger partial charge in [0.25, 0.3) is 5.69 Å². The van der Waals surface area contributed by atoms with Gasteiger partial charge in [0.1, 0.15) is 5.75 Å². The Bertz CT molecular complexity index is 929. The number of amides is 2. The number of urea groups is 1. The van der Waals surface area contributed by atoms with Crippen LogP contribution in [0.4, 0.5) is 21.9 Å². The Morgan fingerprint density at radius 1 is 1.17 bits per heavy atom. The maximum atomic E-state index is 11.7. The fraction of sp³-hybridized carbons (Fsp3) is 0.211. The molecule has 1 atom stereocenters. The van der Waals surface area contributed by atoms with Crippen molar-refractivity contribution < 1.29 is 19.9 Å². The second kappa shape index (κ2) is 9.53. The molecule has 2 aromatic carbocycles. The number of aliphatic hydroxyl groups is 1. The molecule has 1 unspecified atom stereocenters. The zero-order valence-corrected chi connectivity index (χ0v) is 16.2. The van der Waals surface area contributed by atoms with E-state index in [4.69, 9.17) is 0 Å². The van der Waals surface area contributed by atoms with Crippen molar-refractivity contribution in [1.29, 1.82) is 0 Å². The van der Waals surface area contributed by atoms with E-state index >= 15 is 0 Å². The number of nitro groups is 1. The number of nitro benzene ring substituents is 1. The van der Waals surface area contributed by atoms with E-state index < -0.39 is 11.3 Å². The molecule has 0 aromatic heterocycles. The summed E-state index contributed by atoms with van der Waals surface area (Å²) in [6, 6.07) is 8.61. The van der Waals surface area contributed by atoms with Gasteiger partial charge in [0.05, 0.1) is 4.92 Å². The van der Waals surface area contributed by atoms with Crippen molar-refractivity contribution in [3.63, 3.8) is 0 Å². The first-order valence-corrected chi connectivity index (χ1v) is 8.60. The van der Waals surface area contributed by atoms with Crippen molar-refractivity contribution in [2.45, 2.75) is 6.35 Å². The lowest BCUT2D eigenvalue weighted by Crippen LogP contribution is -2.32. The Labute approximate surface area is 167 Å². The Kier molecular flexibility index (Phi) is 7.12. The number of carbonyl (C=O) groups is 1. The highest BCUT2D eigenvalue weighted by molar-refractivity contribution is 5.89. The van der Waals surface area contributed by atoms with Gasteiger partial charge in [-0.25, -0.2) is 4.79 Å². The zero-order chi connectivity index (χ0) is 21.6. The molecule has 154 valence electrons. The lowest BCUT2D eigenvalue weighted by molar-refractivity contribution is -0.384. The van der Waals surface area contributed by atoms with Gasteiger partial charge in [-0.15, -0.1) is 0 Å². The number of benzene rings is 2. The minimum Gasteiger partial charge on any atom is -0.507 e. The van der Waals surface area contributed by atoms with Crippen molar-refractivity contribution in [3.8, 4) is 5.75 Å². The summed E-state index contributed by atoms with van der Waals surface area (Å²) in [5, 5.41) is 38.8. The van der Waals surface area contributed by atoms with Crippen LogP contribution in [0.2, 0.25) is 0 Å². The molecule has 29 heavy (non-hydrogen) atoms. The highest BCUT2D eigenvalue weighted by atomic mass is 16.6. The third-order valence-electron chi connectivity index (χ3n) is 3.87. The van der Waals surface area contributed by atoms with E-state index in [-0.39, 0.29) is 17.5 Å². The molecule has 0 bridgehead atoms. The molecule has 0 spiro atoms. The Morgan fingerprint density at radius 3 is 2.48 bits per heavy atom. The van der Waals surface area contributed by atoms with Crippen molar-refractivity contribution in [1.82, 2.24) is 10.2 Å². The second-order valence-electron chi connectivity index (χ2n) is 6.34. The molecule has 0 radical (unpaired) electrons. The van der Waals surface area contributed by atoms with E-state index in [1.54, 1.807) is 44.4 Å². The van der Waals surface area contributed by atoms with Gasteiger partial charge in [0.15, 0.2) is 6.35 Å². The van der Waals surface area contributed by atoms with Gasteiger partial charge in [0.2, 0.25) is 0 Å². The van der Waals surface area contributed by atoms with Crippen LogP contribution in [0.25, 0.3) is 12.2 Å². The summed E-state index contributed by atoms with van der Waals surface area (Å²) in [6.45, 7) is 0. The molecule has 0 heterocycles. The average Bonchev–Trinajstić information content (AvgIpc) is 2.66. The number of anilines is 2. The van der Waals surface area contributed by atoms with E-state index in [0.29, 0.717) is 22.5 Å². The largest absolute Gasteiger partial charge is 0.507 e. The SMILES string of the molecule is CNC(O)Nc1cc(C=Cc2ccc(NC(=O)N(C)C)cc2O)cc([N+](=O)[O-])c1. The summed E-state index contributed by atoms with van der Waals surface area (Å²) in [7, 11) is 4.73. The highest BCUT2D eigenvalue weighted by Gasteiger charge is 2.11. The molecule has 0 aliphatic carbocycles. The van der Waals surface area contributed by atoms with Gasteiger partial charge in [0, 0.05) is 49.2 Å². The predicted octanol–water partition coefficient (Wildman–Crippen LogP) is 2.47. The monoisotopic (exact) mass is 401 g/mol. The normalized spacial score (nSPS) is 11.9. The van der Waals surface area contributed by atoms with Crippen molar-refractivity contribution >= 4 is 35.2 Å². The first kappa shape index (κ1) is 21.7. The average molecular weight is 401 g/mol. The van der Waals surface area contributed by atoms with Crippen molar-refractivity contribution in [2.75, 3.05) is 31.8 Å². The molecule has 0 aliphatic heterocycles. The van der Waals surface area contributed by atoms with E-state index in [2.05, 4.69) is 16.0 Å². The molecule has 5 N–H and O–H groups in total. The smallest absolute Gasteiger partial charge is 0.321 e. The molecule has 2 aromatic rings. The number of nitrogens with zero attached hydrogens (tertiary/aromatic N) is 2. The minimum atomic E-state index is -1.07. The lowest BCUT2D eigenvalue weighted by Gasteiger charge is -2.13. The van der Waals surface area contributed by atoms with Gasteiger partial charge in [-0.05, 0) is 30.8 Å². The number of hydrogen-bond acceptors (Lipinski definition) is 7. The summed E-state index contributed by atoms with van der Waals surface area (Å²) in [4.78, 5) is 23.7. The maximum Gasteiger partial charge on any atom is 0.321 e. The Balaban J connectivity index is 2.26. The first-order chi connectivity index (χ1) is 13.7. The van der Waals surface area contributed by atoms with E-state index in [0.717, 1.165) is 0 Å². The number of phenols is 1. The molecule has 10 nitrogen and oxygen atoms in total. The van der Waals surface area contributed by atoms with Crippen LogP contribution < -0.4 is 16.0 Å². The van der Waals surface area contributed by atoms with Crippen LogP contribution in [0, 0.1) is 10.1 Å². The standard InChI is InChI=1S/C19H23N5O5/c1-20-18(26)21-15-8-12(9-16(10-15)24(28)29)4-5-13-6-7-14(11-17(13)25)22-19(27)23(2)3/h4-11,18,20-21,25-26H,1-3H3,(H,22,27). The van der Waals surface area contributed by atoms with Crippen LogP contribution in [-0.4, -0.2) is 53.6 Å². The summed E-state index contributed by atoms with van der Waals surface area (Å²) < 4.78 is 0. The summed E-state index contributed by atoms with van der Waals surface area (Å²) in [5.74, 6) is -0.0628. The summed E-state index contributed by atoms with van der Waals surface area (Å²) >= 11 is 0. The topological polar surface area (TPSA) is 140 Å². The number of aliphatic hydroxyl groups excluding tert-OH is 1. The van der Waals surface area contributed by atoms with Gasteiger partial charge in [-0.1, -0.05) is 12.2 Å². The van der Waals surface area contributed by atoms with Crippen molar-refractivity contribution in [2.24, 2.45) is 0 Å². The molecular formula is C19H23N5O5. The quantitative estimate of drug-likeness (QED) is 0.208. The van der Waals surface area contributed by atoms with Crippen LogP contribution in [0.3, 0.4) is 0 Å². The first-order valence-electron chi connectivity index (χ1n) is 8.60. The highest BCUT2D eigenvalue weighted by Crippen LogP contribution is 2.26. The number of phenolic OH excluding ortho intramolecular Hbond substituents is 1. The van der Waals surface area contributed by atoms with Gasteiger partial charge in [-0.3, -0.25) is 15.4 Å². The molecular weight excluding hydrogens is 378 g/mol. The third kappa shape index (κ3) is 6.19. The third-order valence-corrected chi connectivity index (χ3v) is 3.87. The van der Waals surface area contributed by atoms with Gasteiger partial charge in [-0.2, -0.15) is 0 Å². The molecule has 2 rings (SSSR count). The van der Waals surface area contributed by atoms with Gasteiger partial charge < -0.3 is 25.7 Å². The molecule has 0 saturated carbocycles. The molecule has 0 aliphatic rings. The number of carbonyl (C=O) groups excluding carboxylic acids is 1.